The molecule has 0 saturated heterocycles. The number of fused-ring (bicyclic) bond motifs is 1. The van der Waals surface area contributed by atoms with E-state index in [0.717, 1.165) is 49.3 Å². The second kappa shape index (κ2) is 32.6. The van der Waals surface area contributed by atoms with Gasteiger partial charge in [-0.2, -0.15) is 0 Å². The quantitative estimate of drug-likeness (QED) is 0.0312. The Hall–Kier alpha value is -8.00. The minimum absolute atomic E-state index is 0.00528. The lowest BCUT2D eigenvalue weighted by Crippen LogP contribution is -2.32. The number of rotatable bonds is 18. The van der Waals surface area contributed by atoms with Crippen LogP contribution in [0, 0.1) is 49.4 Å². The molecule has 18 heteroatoms. The van der Waals surface area contributed by atoms with E-state index in [0.29, 0.717) is 79.8 Å². The Morgan fingerprint density at radius 1 is 0.602 bits per heavy atom. The third-order valence-electron chi connectivity index (χ3n) is 13.7. The molecule has 0 radical (unpaired) electrons. The summed E-state index contributed by atoms with van der Waals surface area (Å²) < 4.78 is 20.2. The molecule has 83 heavy (non-hydrogen) atoms. The van der Waals surface area contributed by atoms with Crippen molar-refractivity contribution in [2.24, 2.45) is 0 Å². The van der Waals surface area contributed by atoms with Gasteiger partial charge in [0.1, 0.15) is 17.2 Å². The number of aryl methyl sites for hydroxylation is 1. The van der Waals surface area contributed by atoms with Gasteiger partial charge >= 0.3 is 18.3 Å². The summed E-state index contributed by atoms with van der Waals surface area (Å²) >= 11 is 0. The van der Waals surface area contributed by atoms with Crippen molar-refractivity contribution < 1.29 is 58.4 Å². The standard InChI is InChI=1S/C24H32N3O3.C21H32N3O3.C20H30N3O3/c1-8-13-26(14-9-2)21-12-11-18-15-19(17-27(29)24(4,5)6)22(16-20(18)21)30-23(28)25(7)10-3;1-9-13-23(8)16(3)17-11-12-18(15-24(26)21(4,5)6)19(14-17)27-20(25)22(7)10-2;1-8-12-21-15(3)16-10-11-17(14-23(25)20(4,5)6)18(13-16)26-19(24)22(7)9-2/h1-2,15-17,21,29H,10-14H2,3-7H3;1,11-12,14-16,26H,10,13H2,2-8H3;1,10-11,13-15,21,25H,9,12H2,2-7H3/q3*+1/b27-17-;24-15-;23-14-/t21-;;/m1../s1. The van der Waals surface area contributed by atoms with E-state index in [1.807, 2.05) is 151 Å². The van der Waals surface area contributed by atoms with Gasteiger partial charge in [-0.05, 0) is 127 Å². The summed E-state index contributed by atoms with van der Waals surface area (Å²) in [7, 11) is 6.96. The highest BCUT2D eigenvalue weighted by Gasteiger charge is 2.32. The Morgan fingerprint density at radius 3 is 1.37 bits per heavy atom. The zero-order valence-corrected chi connectivity index (χ0v) is 52.6. The monoisotopic (exact) mass is 1140 g/mol. The maximum Gasteiger partial charge on any atom is 0.414 e. The molecule has 0 fully saturated rings. The number of benzene rings is 3. The van der Waals surface area contributed by atoms with Crippen LogP contribution >= 0.6 is 0 Å². The van der Waals surface area contributed by atoms with Crippen molar-refractivity contribution >= 4 is 36.9 Å². The first-order chi connectivity index (χ1) is 38.7. The van der Waals surface area contributed by atoms with Crippen molar-refractivity contribution in [2.75, 3.05) is 74.0 Å². The molecule has 3 aromatic rings. The number of nitrogens with one attached hydrogen (secondary N) is 1. The molecule has 0 aromatic heterocycles. The summed E-state index contributed by atoms with van der Waals surface area (Å²) in [4.78, 5) is 45.5. The molecular weight excluding hydrogens is 1050 g/mol. The van der Waals surface area contributed by atoms with Gasteiger partial charge in [-0.25, -0.2) is 14.4 Å². The van der Waals surface area contributed by atoms with Gasteiger partial charge in [0, 0.05) is 121 Å². The molecule has 18 nitrogen and oxygen atoms in total. The number of hydrogen-bond donors (Lipinski definition) is 4. The molecule has 450 valence electrons. The normalized spacial score (nSPS) is 14.2. The molecule has 4 N–H and O–H groups in total. The second-order valence-corrected chi connectivity index (χ2v) is 23.2. The summed E-state index contributed by atoms with van der Waals surface area (Å²) in [5.74, 6) is 11.7. The Balaban J connectivity index is 0.000000426. The molecule has 4 rings (SSSR count). The van der Waals surface area contributed by atoms with E-state index in [2.05, 4.69) is 33.9 Å². The first kappa shape index (κ1) is 71.1. The maximum atomic E-state index is 12.4. The topological polar surface area (TPSA) is 177 Å². The fourth-order valence-corrected chi connectivity index (χ4v) is 7.48. The third kappa shape index (κ3) is 22.0. The molecule has 3 aromatic carbocycles. The highest BCUT2D eigenvalue weighted by atomic mass is 16.6. The van der Waals surface area contributed by atoms with Crippen molar-refractivity contribution in [2.45, 2.75) is 145 Å². The van der Waals surface area contributed by atoms with Crippen LogP contribution in [0.3, 0.4) is 0 Å². The van der Waals surface area contributed by atoms with Gasteiger partial charge in [0.15, 0.2) is 0 Å². The van der Waals surface area contributed by atoms with Gasteiger partial charge in [0.05, 0.1) is 42.9 Å². The van der Waals surface area contributed by atoms with Gasteiger partial charge in [0.2, 0.25) is 35.3 Å². The predicted octanol–water partition coefficient (Wildman–Crippen LogP) is 9.73. The number of nitrogens with zero attached hydrogens (tertiary/aromatic N) is 8. The molecule has 0 spiro atoms. The van der Waals surface area contributed by atoms with Crippen LogP contribution in [-0.2, 0) is 6.42 Å². The van der Waals surface area contributed by atoms with Crippen molar-refractivity contribution in [3.8, 4) is 66.6 Å². The van der Waals surface area contributed by atoms with E-state index in [1.54, 1.807) is 45.9 Å². The first-order valence-corrected chi connectivity index (χ1v) is 27.9. The molecule has 1 aliphatic rings. The highest BCUT2D eigenvalue weighted by Crippen LogP contribution is 2.39. The first-order valence-electron chi connectivity index (χ1n) is 27.9. The fraction of sp³-hybridized carbons (Fsp3) is 0.508. The van der Waals surface area contributed by atoms with Crippen LogP contribution in [0.2, 0.25) is 0 Å². The number of terminal acetylenes is 4. The molecule has 3 amide bonds. The summed E-state index contributed by atoms with van der Waals surface area (Å²) in [6.07, 6.45) is 26.9. The number of carbonyl (C=O) groups is 3. The van der Waals surface area contributed by atoms with Crippen molar-refractivity contribution in [1.82, 2.24) is 29.8 Å². The Morgan fingerprint density at radius 2 is 0.988 bits per heavy atom. The lowest BCUT2D eigenvalue weighted by molar-refractivity contribution is -0.816. The van der Waals surface area contributed by atoms with Gasteiger partial charge in [-0.1, -0.05) is 35.8 Å². The van der Waals surface area contributed by atoms with Crippen LogP contribution in [0.25, 0.3) is 0 Å². The van der Waals surface area contributed by atoms with E-state index in [9.17, 15) is 30.0 Å². The van der Waals surface area contributed by atoms with Crippen LogP contribution in [0.4, 0.5) is 14.4 Å². The van der Waals surface area contributed by atoms with Gasteiger partial charge in [-0.3, -0.25) is 30.7 Å². The summed E-state index contributed by atoms with van der Waals surface area (Å²) in [5.41, 5.74) is 4.48. The largest absolute Gasteiger partial charge is 0.414 e. The molecule has 0 bridgehead atoms. The Kier molecular flexibility index (Phi) is 27.9. The zero-order chi connectivity index (χ0) is 63.2. The average Bonchev–Trinajstić information content (AvgIpc) is 3.88. The number of carbonyl (C=O) groups excluding carboxylic acids is 3. The molecule has 0 aliphatic heterocycles. The smallest absolute Gasteiger partial charge is 0.409 e. The van der Waals surface area contributed by atoms with E-state index < -0.39 is 34.9 Å². The maximum absolute atomic E-state index is 12.4. The van der Waals surface area contributed by atoms with E-state index in [1.165, 1.54) is 14.7 Å². The lowest BCUT2D eigenvalue weighted by atomic mass is 10.0. The van der Waals surface area contributed by atoms with Crippen molar-refractivity contribution in [3.05, 3.63) is 87.5 Å². The van der Waals surface area contributed by atoms with E-state index in [-0.39, 0.29) is 18.1 Å². The van der Waals surface area contributed by atoms with Gasteiger partial charge in [-0.15, -0.1) is 25.7 Å². The molecular formula is C65H94N9O9+3. The van der Waals surface area contributed by atoms with Crippen LogP contribution in [0.1, 0.15) is 160 Å². The fourth-order valence-electron chi connectivity index (χ4n) is 7.48. The number of hydroxylamine groups is 3. The lowest BCUT2D eigenvalue weighted by Gasteiger charge is -2.26. The van der Waals surface area contributed by atoms with E-state index >= 15 is 0 Å². The minimum Gasteiger partial charge on any atom is -0.409 e. The summed E-state index contributed by atoms with van der Waals surface area (Å²) in [6.45, 7) is 30.0. The Labute approximate surface area is 495 Å². The van der Waals surface area contributed by atoms with E-state index in [4.69, 9.17) is 39.9 Å². The molecule has 3 atom stereocenters. The molecule has 0 saturated carbocycles. The third-order valence-corrected chi connectivity index (χ3v) is 13.7. The van der Waals surface area contributed by atoms with Crippen molar-refractivity contribution in [3.63, 3.8) is 0 Å². The summed E-state index contributed by atoms with van der Waals surface area (Å²) in [6, 6.07) is 15.1. The Bertz CT molecular complexity index is 2940. The number of hydrogen-bond acceptors (Lipinski definition) is 12. The van der Waals surface area contributed by atoms with Crippen LogP contribution in [-0.4, -0.2) is 182 Å². The average molecular weight is 1150 g/mol. The number of ether oxygens (including phenoxy) is 3. The highest BCUT2D eigenvalue weighted by molar-refractivity contribution is 5.85. The SMILES string of the molecule is C#CCN(C)C(C)c1ccc(/C=[N+](\O)C(C)(C)C)c(OC(=O)N(C)CC)c1.C#CCN(CC#C)[C@@H]1CCc2cc(/C=[N+](\O)C(C)(C)C)c(OC(=O)N(C)CC)cc21.C#CCNC(C)c1ccc(/C=[N+](\O)C(C)(C)C)c(OC(=O)N(C)CC)c1. The molecule has 1 aliphatic carbocycles. The van der Waals surface area contributed by atoms with Gasteiger partial charge < -0.3 is 28.9 Å². The van der Waals surface area contributed by atoms with Gasteiger partial charge in [0.25, 0.3) is 0 Å². The number of amides is 3. The zero-order valence-electron chi connectivity index (χ0n) is 52.6. The second-order valence-electron chi connectivity index (χ2n) is 23.2. The molecule has 2 unspecified atom stereocenters. The summed E-state index contributed by atoms with van der Waals surface area (Å²) in [5, 5.41) is 34.2. The van der Waals surface area contributed by atoms with Crippen LogP contribution < -0.4 is 19.5 Å². The van der Waals surface area contributed by atoms with Crippen LogP contribution in [0.5, 0.6) is 17.2 Å². The minimum atomic E-state index is -0.501. The predicted molar refractivity (Wildman–Crippen MR) is 329 cm³/mol. The van der Waals surface area contributed by atoms with Crippen LogP contribution in [0.15, 0.2) is 48.5 Å². The molecule has 0 heterocycles. The van der Waals surface area contributed by atoms with Crippen molar-refractivity contribution in [1.29, 1.82) is 0 Å².